The van der Waals surface area contributed by atoms with Gasteiger partial charge in [-0.15, -0.1) is 0 Å². The SMILES string of the molecule is C=C1OC(=O)C2C3CCC(C12)C1C(=O)OC(=O)C31.O=C1CC2C(CC3C(=O)OC(=O)C32)C(=O)O1.O=C1OC(=O)C2CC1C1C3CC(C(=O)OC3=O)C21.O=C1OC(=O)C2CC3C(=O)OC(=O)C3CC12. The molecule has 0 amide bonds. The van der Waals surface area contributed by atoms with Crippen LogP contribution in [0.2, 0.25) is 0 Å². The summed E-state index contributed by atoms with van der Waals surface area (Å²) < 4.78 is 37.3. The van der Waals surface area contributed by atoms with E-state index in [4.69, 9.17) is 18.9 Å². The van der Waals surface area contributed by atoms with E-state index in [2.05, 4.69) is 25.5 Å². The van der Waals surface area contributed by atoms with Gasteiger partial charge in [0.1, 0.15) is 5.76 Å². The predicted octanol–water partition coefficient (Wildman–Crippen LogP) is -0.874. The Bertz CT molecular complexity index is 2270. The van der Waals surface area contributed by atoms with Crippen molar-refractivity contribution >= 4 is 89.5 Å². The summed E-state index contributed by atoms with van der Waals surface area (Å²) in [7, 11) is 0. The van der Waals surface area contributed by atoms with Crippen molar-refractivity contribution in [3.63, 3.8) is 0 Å². The third-order valence-corrected chi connectivity index (χ3v) is 17.2. The van der Waals surface area contributed by atoms with Gasteiger partial charge in [-0.1, -0.05) is 6.58 Å². The van der Waals surface area contributed by atoms with Crippen LogP contribution in [-0.4, -0.2) is 89.5 Å². The van der Waals surface area contributed by atoms with Crippen LogP contribution in [0.1, 0.15) is 51.4 Å². The lowest BCUT2D eigenvalue weighted by Gasteiger charge is -2.47. The van der Waals surface area contributed by atoms with E-state index in [0.717, 1.165) is 12.8 Å². The Morgan fingerprint density at radius 3 is 1.03 bits per heavy atom. The van der Waals surface area contributed by atoms with Crippen LogP contribution in [0.5, 0.6) is 0 Å². The highest BCUT2D eigenvalue weighted by atomic mass is 16.6. The smallest absolute Gasteiger partial charge is 0.317 e. The molecule has 0 aromatic carbocycles. The number of allylic oxidation sites excluding steroid dienone is 1. The summed E-state index contributed by atoms with van der Waals surface area (Å²) in [6.07, 6.45) is 3.10. The molecule has 18 unspecified atom stereocenters. The van der Waals surface area contributed by atoms with E-state index in [0.29, 0.717) is 18.6 Å². The van der Waals surface area contributed by atoms with Crippen molar-refractivity contribution in [2.45, 2.75) is 51.4 Å². The second kappa shape index (κ2) is 15.4. The first-order chi connectivity index (χ1) is 32.3. The van der Waals surface area contributed by atoms with E-state index < -0.39 is 161 Å². The van der Waals surface area contributed by atoms with Crippen LogP contribution in [0.25, 0.3) is 0 Å². The lowest BCUT2D eigenvalue weighted by atomic mass is 9.51. The molecule has 23 heteroatoms. The molecule has 15 rings (SSSR count). The summed E-state index contributed by atoms with van der Waals surface area (Å²) in [6, 6.07) is 0. The molecule has 7 saturated carbocycles. The molecule has 68 heavy (non-hydrogen) atoms. The number of rotatable bonds is 0. The van der Waals surface area contributed by atoms with Gasteiger partial charge in [-0.3, -0.25) is 71.9 Å². The predicted molar refractivity (Wildman–Crippen MR) is 200 cm³/mol. The average molecular weight is 947 g/mol. The van der Waals surface area contributed by atoms with Gasteiger partial charge < -0.3 is 37.9 Å². The molecule has 356 valence electrons. The highest BCUT2D eigenvalue weighted by Gasteiger charge is 2.69. The van der Waals surface area contributed by atoms with Gasteiger partial charge in [-0.2, -0.15) is 0 Å². The van der Waals surface area contributed by atoms with E-state index in [1.165, 1.54) is 0 Å². The van der Waals surface area contributed by atoms with Crippen molar-refractivity contribution < 1.29 is 110 Å². The molecule has 23 nitrogen and oxygen atoms in total. The molecule has 6 bridgehead atoms. The first kappa shape index (κ1) is 43.7. The number of ether oxygens (including phenoxy) is 8. The highest BCUT2D eigenvalue weighted by Crippen LogP contribution is 2.62. The van der Waals surface area contributed by atoms with Crippen molar-refractivity contribution in [3.05, 3.63) is 12.3 Å². The number of fused-ring (bicyclic) bond motifs is 15. The van der Waals surface area contributed by atoms with Gasteiger partial charge >= 0.3 is 89.5 Å². The molecule has 7 aliphatic carbocycles. The third-order valence-electron chi connectivity index (χ3n) is 17.2. The zero-order valence-corrected chi connectivity index (χ0v) is 35.3. The van der Waals surface area contributed by atoms with Crippen molar-refractivity contribution in [3.8, 4) is 0 Å². The quantitative estimate of drug-likeness (QED) is 0.123. The van der Waals surface area contributed by atoms with Crippen LogP contribution in [0.15, 0.2) is 12.3 Å². The Morgan fingerprint density at radius 2 is 0.574 bits per heavy atom. The van der Waals surface area contributed by atoms with Gasteiger partial charge in [0.15, 0.2) is 0 Å². The Morgan fingerprint density at radius 1 is 0.279 bits per heavy atom. The summed E-state index contributed by atoms with van der Waals surface area (Å²) in [5.41, 5.74) is 0. The zero-order valence-electron chi connectivity index (χ0n) is 35.3. The van der Waals surface area contributed by atoms with Crippen LogP contribution in [-0.2, 0) is 110 Å². The molecule has 0 aromatic rings. The van der Waals surface area contributed by atoms with Gasteiger partial charge in [0.2, 0.25) is 0 Å². The van der Waals surface area contributed by atoms with Crippen LogP contribution in [0, 0.1) is 118 Å². The number of esters is 15. The molecule has 0 N–H and O–H groups in total. The summed E-state index contributed by atoms with van der Waals surface area (Å²) in [4.78, 5) is 173. The highest BCUT2D eigenvalue weighted by molar-refractivity contribution is 6.03. The molecule has 0 radical (unpaired) electrons. The summed E-state index contributed by atoms with van der Waals surface area (Å²) in [6.45, 7) is 3.79. The zero-order chi connectivity index (χ0) is 48.1. The topological polar surface area (TPSA) is 330 Å². The molecular weight excluding hydrogens is 908 g/mol. The molecule has 18 atom stereocenters. The lowest BCUT2D eigenvalue weighted by molar-refractivity contribution is -0.175. The van der Waals surface area contributed by atoms with Gasteiger partial charge in [0.05, 0.1) is 89.3 Å². The number of hydrogen-bond acceptors (Lipinski definition) is 23. The number of cyclic esters (lactones) is 15. The Balaban J connectivity index is 0.0000000996. The standard InChI is InChI=1S/C13H12O5.C12H10O6.2C10H8O6/c1-4-7-5-2-3-6(8(7)11(14)17-4)10-9(5)12(15)18-13(10)16;13-9-3-1-4(10(14)17-9)8-6-2-5(7(3)8)11(15)18-12(6)16;11-6-2-3-4(8(12)15-6)1-5-7(3)10(14)16-9(5)13;11-7-3-1-4-6(10(14)16-8(4)12)2-5(3)9(13)15-7/h5-10H,1-3H2;3-8H,1-2H2;3-5,7H,1-2H2;3-6H,1-2H2. The first-order valence-electron chi connectivity index (χ1n) is 22.5. The molecular formula is C45H38O23. The van der Waals surface area contributed by atoms with Gasteiger partial charge in [-0.25, -0.2) is 0 Å². The molecule has 0 aromatic heterocycles. The number of hydrogen-bond donors (Lipinski definition) is 0. The van der Waals surface area contributed by atoms with Crippen molar-refractivity contribution in [1.29, 1.82) is 0 Å². The number of carbonyl (C=O) groups is 15. The molecule has 8 heterocycles. The lowest BCUT2D eigenvalue weighted by Crippen LogP contribution is -2.52. The van der Waals surface area contributed by atoms with Crippen molar-refractivity contribution in [1.82, 2.24) is 0 Å². The van der Waals surface area contributed by atoms with Crippen LogP contribution in [0.4, 0.5) is 0 Å². The molecule has 15 fully saturated rings. The van der Waals surface area contributed by atoms with Gasteiger partial charge in [0.25, 0.3) is 0 Å². The first-order valence-corrected chi connectivity index (χ1v) is 22.5. The minimum atomic E-state index is -0.630. The van der Waals surface area contributed by atoms with Gasteiger partial charge in [0, 0.05) is 5.92 Å². The third kappa shape index (κ3) is 6.31. The van der Waals surface area contributed by atoms with E-state index in [1.807, 2.05) is 0 Å². The Hall–Kier alpha value is -6.81. The Labute approximate surface area is 380 Å². The van der Waals surface area contributed by atoms with E-state index >= 15 is 0 Å². The largest absolute Gasteiger partial charge is 0.431 e. The minimum Gasteiger partial charge on any atom is -0.431 e. The fourth-order valence-electron chi connectivity index (χ4n) is 14.5. The maximum absolute atomic E-state index is 11.9. The summed E-state index contributed by atoms with van der Waals surface area (Å²) >= 11 is 0. The maximum atomic E-state index is 11.9. The monoisotopic (exact) mass is 946 g/mol. The molecule has 8 aliphatic heterocycles. The van der Waals surface area contributed by atoms with Crippen molar-refractivity contribution in [2.75, 3.05) is 0 Å². The molecule has 8 saturated heterocycles. The van der Waals surface area contributed by atoms with E-state index in [1.54, 1.807) is 0 Å². The normalized spacial score (nSPS) is 45.4. The van der Waals surface area contributed by atoms with E-state index in [9.17, 15) is 71.9 Å². The summed E-state index contributed by atoms with van der Waals surface area (Å²) in [5, 5.41) is 0. The van der Waals surface area contributed by atoms with Crippen LogP contribution >= 0.6 is 0 Å². The van der Waals surface area contributed by atoms with Crippen molar-refractivity contribution in [2.24, 2.45) is 118 Å². The van der Waals surface area contributed by atoms with Gasteiger partial charge in [-0.05, 0) is 74.5 Å². The molecule has 0 spiro atoms. The van der Waals surface area contributed by atoms with Crippen LogP contribution < -0.4 is 0 Å². The second-order valence-electron chi connectivity index (χ2n) is 19.9. The number of carbonyl (C=O) groups excluding carboxylic acids is 15. The maximum Gasteiger partial charge on any atom is 0.317 e. The fraction of sp³-hybridized carbons (Fsp3) is 0.622. The average Bonchev–Trinajstić information content (AvgIpc) is 4.16. The Kier molecular flexibility index (Phi) is 9.88. The fourth-order valence-corrected chi connectivity index (χ4v) is 14.5. The van der Waals surface area contributed by atoms with Crippen LogP contribution in [0.3, 0.4) is 0 Å². The van der Waals surface area contributed by atoms with E-state index in [-0.39, 0.29) is 73.1 Å². The molecule has 15 aliphatic rings. The summed E-state index contributed by atoms with van der Waals surface area (Å²) in [5.74, 6) is -15.6. The second-order valence-corrected chi connectivity index (χ2v) is 19.9. The minimum absolute atomic E-state index is 0.0138.